The molecule has 2 aliphatic heterocycles. The monoisotopic (exact) mass is 463 g/mol. The van der Waals surface area contributed by atoms with Gasteiger partial charge in [0.1, 0.15) is 18.2 Å². The van der Waals surface area contributed by atoms with E-state index >= 15 is 0 Å². The van der Waals surface area contributed by atoms with Crippen LogP contribution in [0.5, 0.6) is 0 Å². The predicted molar refractivity (Wildman–Crippen MR) is 110 cm³/mol. The lowest BCUT2D eigenvalue weighted by molar-refractivity contribution is -0.144. The Balaban J connectivity index is 1.44. The van der Waals surface area contributed by atoms with Crippen molar-refractivity contribution in [3.05, 3.63) is 34.3 Å². The molecule has 1 spiro atoms. The van der Waals surface area contributed by atoms with Gasteiger partial charge in [-0.25, -0.2) is 4.79 Å². The lowest BCUT2D eigenvalue weighted by atomic mass is 9.81. The zero-order valence-electron chi connectivity index (χ0n) is 16.6. The van der Waals surface area contributed by atoms with Gasteiger partial charge in [0.25, 0.3) is 5.91 Å². The van der Waals surface area contributed by atoms with Gasteiger partial charge in [0, 0.05) is 18.1 Å². The van der Waals surface area contributed by atoms with Gasteiger partial charge in [-0.15, -0.1) is 0 Å². The van der Waals surface area contributed by atoms with Gasteiger partial charge in [-0.2, -0.15) is 0 Å². The molecular formula is C21H26BrN3O4. The molecule has 29 heavy (non-hydrogen) atoms. The second-order valence-corrected chi connectivity index (χ2v) is 8.99. The Hall–Kier alpha value is -1.93. The second-order valence-electron chi connectivity index (χ2n) is 8.08. The molecule has 2 saturated heterocycles. The van der Waals surface area contributed by atoms with Crippen LogP contribution in [-0.4, -0.2) is 71.4 Å². The maximum Gasteiger partial charge on any atom is 0.327 e. The Labute approximate surface area is 179 Å². The summed E-state index contributed by atoms with van der Waals surface area (Å²) in [5.41, 5.74) is 0.251. The normalized spacial score (nSPS) is 24.5. The molecule has 4 amide bonds. The van der Waals surface area contributed by atoms with Crippen molar-refractivity contribution < 1.29 is 19.1 Å². The van der Waals surface area contributed by atoms with Crippen LogP contribution < -0.4 is 0 Å². The molecule has 1 aromatic carbocycles. The highest BCUT2D eigenvalue weighted by molar-refractivity contribution is 9.10. The SMILES string of the molecule is CN1C(=O)N(CC(=O)N2CCOC(c3ccc(Br)cc3)C2)C(=O)C12CCCCC2. The van der Waals surface area contributed by atoms with Crippen LogP contribution in [0, 0.1) is 0 Å². The summed E-state index contributed by atoms with van der Waals surface area (Å²) in [6, 6.07) is 7.47. The van der Waals surface area contributed by atoms with Gasteiger partial charge in [-0.3, -0.25) is 14.5 Å². The highest BCUT2D eigenvalue weighted by Crippen LogP contribution is 2.39. The Bertz CT molecular complexity index is 807. The first-order valence-electron chi connectivity index (χ1n) is 10.2. The van der Waals surface area contributed by atoms with Gasteiger partial charge in [0.15, 0.2) is 0 Å². The number of morpholine rings is 1. The fraction of sp³-hybridized carbons (Fsp3) is 0.571. The zero-order chi connectivity index (χ0) is 20.6. The number of benzene rings is 1. The first-order chi connectivity index (χ1) is 13.9. The average Bonchev–Trinajstić information content (AvgIpc) is 2.91. The van der Waals surface area contributed by atoms with E-state index in [2.05, 4.69) is 15.9 Å². The summed E-state index contributed by atoms with van der Waals surface area (Å²) >= 11 is 3.42. The molecule has 0 aromatic heterocycles. The molecular weight excluding hydrogens is 438 g/mol. The summed E-state index contributed by atoms with van der Waals surface area (Å²) < 4.78 is 6.82. The van der Waals surface area contributed by atoms with E-state index in [9.17, 15) is 14.4 Å². The first kappa shape index (κ1) is 20.3. The number of hydrogen-bond acceptors (Lipinski definition) is 4. The minimum atomic E-state index is -0.749. The van der Waals surface area contributed by atoms with Crippen molar-refractivity contribution in [2.24, 2.45) is 0 Å². The summed E-state index contributed by atoms with van der Waals surface area (Å²) in [6.07, 6.45) is 4.11. The summed E-state index contributed by atoms with van der Waals surface area (Å²) in [5, 5.41) is 0. The summed E-state index contributed by atoms with van der Waals surface area (Å²) in [4.78, 5) is 43.2. The lowest BCUT2D eigenvalue weighted by Gasteiger charge is -2.36. The molecule has 0 bridgehead atoms. The summed E-state index contributed by atoms with van der Waals surface area (Å²) in [5.74, 6) is -0.422. The minimum Gasteiger partial charge on any atom is -0.370 e. The highest BCUT2D eigenvalue weighted by Gasteiger charge is 2.56. The minimum absolute atomic E-state index is 0.198. The van der Waals surface area contributed by atoms with Gasteiger partial charge in [0.05, 0.1) is 13.2 Å². The Morgan fingerprint density at radius 2 is 1.86 bits per heavy atom. The molecule has 1 aromatic rings. The molecule has 4 rings (SSSR count). The Kier molecular flexibility index (Phi) is 5.66. The molecule has 0 radical (unpaired) electrons. The number of amides is 4. The molecule has 0 N–H and O–H groups in total. The van der Waals surface area contributed by atoms with Gasteiger partial charge in [-0.1, -0.05) is 47.3 Å². The molecule has 2 heterocycles. The molecule has 1 saturated carbocycles. The van der Waals surface area contributed by atoms with E-state index in [-0.39, 0.29) is 30.5 Å². The number of rotatable bonds is 3. The first-order valence-corrected chi connectivity index (χ1v) is 11.0. The zero-order valence-corrected chi connectivity index (χ0v) is 18.2. The number of imide groups is 1. The van der Waals surface area contributed by atoms with Crippen molar-refractivity contribution >= 4 is 33.8 Å². The van der Waals surface area contributed by atoms with Crippen LogP contribution in [-0.2, 0) is 14.3 Å². The van der Waals surface area contributed by atoms with E-state index in [1.165, 1.54) is 0 Å². The predicted octanol–water partition coefficient (Wildman–Crippen LogP) is 2.95. The van der Waals surface area contributed by atoms with E-state index in [4.69, 9.17) is 4.74 Å². The summed E-state index contributed by atoms with van der Waals surface area (Å²) in [7, 11) is 1.69. The standard InChI is InChI=1S/C21H26BrN3O4/c1-23-20(28)25(19(27)21(23)9-3-2-4-10-21)14-18(26)24-11-12-29-17(13-24)15-5-7-16(22)8-6-15/h5-8,17H,2-4,9-14H2,1H3. The Morgan fingerprint density at radius 3 is 2.55 bits per heavy atom. The Morgan fingerprint density at radius 1 is 1.17 bits per heavy atom. The fourth-order valence-corrected chi connectivity index (χ4v) is 4.93. The third kappa shape index (κ3) is 3.68. The molecule has 156 valence electrons. The van der Waals surface area contributed by atoms with E-state index in [1.54, 1.807) is 16.8 Å². The molecule has 3 fully saturated rings. The van der Waals surface area contributed by atoms with Gasteiger partial charge >= 0.3 is 6.03 Å². The van der Waals surface area contributed by atoms with Crippen LogP contribution in [0.15, 0.2) is 28.7 Å². The van der Waals surface area contributed by atoms with Gasteiger partial charge < -0.3 is 14.5 Å². The van der Waals surface area contributed by atoms with Crippen molar-refractivity contribution in [1.29, 1.82) is 0 Å². The maximum atomic E-state index is 13.1. The lowest BCUT2D eigenvalue weighted by Crippen LogP contribution is -2.50. The van der Waals surface area contributed by atoms with E-state index < -0.39 is 5.54 Å². The van der Waals surface area contributed by atoms with Crippen LogP contribution in [0.2, 0.25) is 0 Å². The van der Waals surface area contributed by atoms with E-state index in [1.807, 2.05) is 24.3 Å². The van der Waals surface area contributed by atoms with Crippen molar-refractivity contribution in [3.63, 3.8) is 0 Å². The molecule has 1 aliphatic carbocycles. The number of carbonyl (C=O) groups is 3. The van der Waals surface area contributed by atoms with Crippen LogP contribution in [0.3, 0.4) is 0 Å². The molecule has 8 heteroatoms. The van der Waals surface area contributed by atoms with Crippen LogP contribution in [0.4, 0.5) is 4.79 Å². The third-order valence-corrected chi connectivity index (χ3v) is 6.97. The topological polar surface area (TPSA) is 70.2 Å². The smallest absolute Gasteiger partial charge is 0.327 e. The van der Waals surface area contributed by atoms with Crippen molar-refractivity contribution in [2.75, 3.05) is 33.3 Å². The fourth-order valence-electron chi connectivity index (χ4n) is 4.66. The van der Waals surface area contributed by atoms with Crippen LogP contribution >= 0.6 is 15.9 Å². The summed E-state index contributed by atoms with van der Waals surface area (Å²) in [6.45, 7) is 1.11. The molecule has 1 atom stereocenters. The largest absolute Gasteiger partial charge is 0.370 e. The number of likely N-dealkylation sites (N-methyl/N-ethyl adjacent to an activating group) is 1. The van der Waals surface area contributed by atoms with Crippen molar-refractivity contribution in [2.45, 2.75) is 43.7 Å². The maximum absolute atomic E-state index is 13.1. The molecule has 3 aliphatic rings. The number of ether oxygens (including phenoxy) is 1. The number of nitrogens with zero attached hydrogens (tertiary/aromatic N) is 3. The van der Waals surface area contributed by atoms with Crippen molar-refractivity contribution in [3.8, 4) is 0 Å². The number of carbonyl (C=O) groups excluding carboxylic acids is 3. The van der Waals surface area contributed by atoms with Crippen LogP contribution in [0.1, 0.15) is 43.8 Å². The number of urea groups is 1. The number of halogens is 1. The quantitative estimate of drug-likeness (QED) is 0.646. The van der Waals surface area contributed by atoms with Gasteiger partial charge in [0.2, 0.25) is 5.91 Å². The van der Waals surface area contributed by atoms with Gasteiger partial charge in [-0.05, 0) is 30.5 Å². The number of hydrogen-bond donors (Lipinski definition) is 0. The van der Waals surface area contributed by atoms with E-state index in [0.717, 1.165) is 34.2 Å². The second kappa shape index (κ2) is 8.07. The van der Waals surface area contributed by atoms with Crippen molar-refractivity contribution in [1.82, 2.24) is 14.7 Å². The highest BCUT2D eigenvalue weighted by atomic mass is 79.9. The third-order valence-electron chi connectivity index (χ3n) is 6.44. The van der Waals surface area contributed by atoms with E-state index in [0.29, 0.717) is 32.5 Å². The molecule has 1 unspecified atom stereocenters. The molecule has 7 nitrogen and oxygen atoms in total. The van der Waals surface area contributed by atoms with Crippen LogP contribution in [0.25, 0.3) is 0 Å². The average molecular weight is 464 g/mol.